The Kier molecular flexibility index (Phi) is 3.92. The minimum atomic E-state index is -4.75. The molecule has 0 atom stereocenters. The first kappa shape index (κ1) is 15.6. The number of aromatic amines is 1. The maximum atomic E-state index is 12.3. The summed E-state index contributed by atoms with van der Waals surface area (Å²) in [6, 6.07) is 14.5. The van der Waals surface area contributed by atoms with E-state index >= 15 is 0 Å². The summed E-state index contributed by atoms with van der Waals surface area (Å²) in [4.78, 5) is 0. The first-order valence-electron chi connectivity index (χ1n) is 6.74. The lowest BCUT2D eigenvalue weighted by Crippen LogP contribution is -2.17. The van der Waals surface area contributed by atoms with Crippen molar-refractivity contribution < 1.29 is 17.9 Å². The molecule has 0 bridgehead atoms. The number of rotatable bonds is 3. The van der Waals surface area contributed by atoms with Gasteiger partial charge in [-0.15, -0.1) is 18.3 Å². The van der Waals surface area contributed by atoms with Gasteiger partial charge in [0.15, 0.2) is 5.69 Å². The SMILES string of the molecule is N#Cc1n[nH]nc1-c1cccc(-c2cccc(OC(F)(F)F)c2)c1. The van der Waals surface area contributed by atoms with Crippen molar-refractivity contribution in [3.8, 4) is 34.2 Å². The molecule has 3 rings (SSSR count). The minimum Gasteiger partial charge on any atom is -0.406 e. The first-order valence-corrected chi connectivity index (χ1v) is 6.74. The summed E-state index contributed by atoms with van der Waals surface area (Å²) in [6.45, 7) is 0. The van der Waals surface area contributed by atoms with E-state index in [2.05, 4.69) is 20.1 Å². The van der Waals surface area contributed by atoms with Crippen LogP contribution in [0, 0.1) is 11.3 Å². The number of halogens is 3. The van der Waals surface area contributed by atoms with Crippen molar-refractivity contribution in [3.05, 3.63) is 54.2 Å². The van der Waals surface area contributed by atoms with Crippen LogP contribution in [-0.2, 0) is 0 Å². The number of aromatic nitrogens is 3. The molecule has 0 saturated carbocycles. The molecular formula is C16H9F3N4O. The zero-order valence-corrected chi connectivity index (χ0v) is 12.0. The Morgan fingerprint density at radius 1 is 0.958 bits per heavy atom. The number of hydrogen-bond acceptors (Lipinski definition) is 4. The van der Waals surface area contributed by atoms with Crippen LogP contribution >= 0.6 is 0 Å². The summed E-state index contributed by atoms with van der Waals surface area (Å²) in [5, 5.41) is 19.0. The highest BCUT2D eigenvalue weighted by atomic mass is 19.4. The van der Waals surface area contributed by atoms with Gasteiger partial charge < -0.3 is 4.74 Å². The molecule has 0 radical (unpaired) electrons. The second-order valence-electron chi connectivity index (χ2n) is 4.79. The average molecular weight is 330 g/mol. The Hall–Kier alpha value is -3.34. The van der Waals surface area contributed by atoms with Crippen LogP contribution in [0.4, 0.5) is 13.2 Å². The number of nitrogens with one attached hydrogen (secondary N) is 1. The largest absolute Gasteiger partial charge is 0.573 e. The van der Waals surface area contributed by atoms with Gasteiger partial charge >= 0.3 is 6.36 Å². The third kappa shape index (κ3) is 3.35. The van der Waals surface area contributed by atoms with E-state index in [1.54, 1.807) is 30.3 Å². The Morgan fingerprint density at radius 3 is 2.33 bits per heavy atom. The smallest absolute Gasteiger partial charge is 0.406 e. The molecule has 2 aromatic carbocycles. The third-order valence-electron chi connectivity index (χ3n) is 3.19. The quantitative estimate of drug-likeness (QED) is 0.790. The van der Waals surface area contributed by atoms with Crippen LogP contribution < -0.4 is 4.74 Å². The van der Waals surface area contributed by atoms with Crippen LogP contribution in [0.1, 0.15) is 5.69 Å². The lowest BCUT2D eigenvalue weighted by atomic mass is 10.0. The summed E-state index contributed by atoms with van der Waals surface area (Å²) in [5.41, 5.74) is 2.34. The molecule has 0 saturated heterocycles. The van der Waals surface area contributed by atoms with Gasteiger partial charge in [0.25, 0.3) is 0 Å². The fourth-order valence-corrected chi connectivity index (χ4v) is 2.23. The number of hydrogen-bond donors (Lipinski definition) is 1. The van der Waals surface area contributed by atoms with Crippen LogP contribution in [0.2, 0.25) is 0 Å². The maximum absolute atomic E-state index is 12.3. The van der Waals surface area contributed by atoms with Crippen molar-refractivity contribution in [1.82, 2.24) is 15.4 Å². The monoisotopic (exact) mass is 330 g/mol. The van der Waals surface area contributed by atoms with Gasteiger partial charge in [-0.05, 0) is 29.3 Å². The van der Waals surface area contributed by atoms with Gasteiger partial charge in [0, 0.05) is 5.56 Å². The zero-order valence-electron chi connectivity index (χ0n) is 12.0. The van der Waals surface area contributed by atoms with Crippen molar-refractivity contribution in [3.63, 3.8) is 0 Å². The van der Waals surface area contributed by atoms with Crippen LogP contribution in [0.3, 0.4) is 0 Å². The van der Waals surface area contributed by atoms with Crippen LogP contribution in [0.25, 0.3) is 22.4 Å². The predicted octanol–water partition coefficient (Wildman–Crippen LogP) is 3.91. The molecule has 3 aromatic rings. The Bertz CT molecular complexity index is 912. The molecule has 24 heavy (non-hydrogen) atoms. The van der Waals surface area contributed by atoms with Gasteiger partial charge in [0.1, 0.15) is 17.5 Å². The van der Waals surface area contributed by atoms with Crippen molar-refractivity contribution >= 4 is 0 Å². The van der Waals surface area contributed by atoms with E-state index in [0.717, 1.165) is 0 Å². The Morgan fingerprint density at radius 2 is 1.62 bits per heavy atom. The molecular weight excluding hydrogens is 321 g/mol. The van der Waals surface area contributed by atoms with E-state index in [0.29, 0.717) is 22.4 Å². The molecule has 0 aliphatic carbocycles. The first-order chi connectivity index (χ1) is 11.5. The van der Waals surface area contributed by atoms with Crippen molar-refractivity contribution in [2.45, 2.75) is 6.36 Å². The number of alkyl halides is 3. The fourth-order valence-electron chi connectivity index (χ4n) is 2.23. The highest BCUT2D eigenvalue weighted by Gasteiger charge is 2.31. The molecule has 0 amide bonds. The van der Waals surface area contributed by atoms with Crippen molar-refractivity contribution in [1.29, 1.82) is 5.26 Å². The van der Waals surface area contributed by atoms with Gasteiger partial charge in [0.05, 0.1) is 0 Å². The van der Waals surface area contributed by atoms with E-state index in [1.165, 1.54) is 18.2 Å². The molecule has 0 unspecified atom stereocenters. The van der Waals surface area contributed by atoms with E-state index in [9.17, 15) is 13.2 Å². The number of nitrogens with zero attached hydrogens (tertiary/aromatic N) is 3. The topological polar surface area (TPSA) is 74.6 Å². The molecule has 120 valence electrons. The number of ether oxygens (including phenoxy) is 1. The van der Waals surface area contributed by atoms with Gasteiger partial charge in [0.2, 0.25) is 0 Å². The molecule has 0 fully saturated rings. The van der Waals surface area contributed by atoms with Gasteiger partial charge in [-0.1, -0.05) is 30.3 Å². The molecule has 5 nitrogen and oxygen atoms in total. The lowest BCUT2D eigenvalue weighted by molar-refractivity contribution is -0.274. The zero-order chi connectivity index (χ0) is 17.2. The molecule has 0 aliphatic rings. The average Bonchev–Trinajstić information content (AvgIpc) is 3.02. The van der Waals surface area contributed by atoms with E-state index < -0.39 is 6.36 Å². The Labute approximate surface area is 134 Å². The molecule has 1 aromatic heterocycles. The van der Waals surface area contributed by atoms with E-state index in [4.69, 9.17) is 5.26 Å². The maximum Gasteiger partial charge on any atom is 0.573 e. The molecule has 8 heteroatoms. The molecule has 0 aliphatic heterocycles. The standard InChI is InChI=1S/C16H9F3N4O/c17-16(18,19)24-13-6-2-4-11(8-13)10-3-1-5-12(7-10)15-14(9-20)21-23-22-15/h1-8H,(H,21,22,23). The third-order valence-corrected chi connectivity index (χ3v) is 3.19. The lowest BCUT2D eigenvalue weighted by Gasteiger charge is -2.10. The second kappa shape index (κ2) is 6.04. The van der Waals surface area contributed by atoms with Crippen LogP contribution in [-0.4, -0.2) is 21.8 Å². The van der Waals surface area contributed by atoms with Crippen LogP contribution in [0.5, 0.6) is 5.75 Å². The number of H-pyrrole nitrogens is 1. The summed E-state index contributed by atoms with van der Waals surface area (Å²) in [6.07, 6.45) is -4.75. The predicted molar refractivity (Wildman–Crippen MR) is 78.7 cm³/mol. The van der Waals surface area contributed by atoms with Crippen molar-refractivity contribution in [2.75, 3.05) is 0 Å². The summed E-state index contributed by atoms with van der Waals surface area (Å²) < 4.78 is 40.9. The van der Waals surface area contributed by atoms with Gasteiger partial charge in [-0.25, -0.2) is 0 Å². The van der Waals surface area contributed by atoms with Gasteiger partial charge in [-0.3, -0.25) is 0 Å². The van der Waals surface area contributed by atoms with E-state index in [-0.39, 0.29) is 11.4 Å². The highest BCUT2D eigenvalue weighted by Crippen LogP contribution is 2.30. The fraction of sp³-hybridized carbons (Fsp3) is 0.0625. The summed E-state index contributed by atoms with van der Waals surface area (Å²) >= 11 is 0. The molecule has 1 N–H and O–H groups in total. The molecule has 1 heterocycles. The Balaban J connectivity index is 1.98. The highest BCUT2D eigenvalue weighted by molar-refractivity contribution is 5.73. The van der Waals surface area contributed by atoms with Crippen molar-refractivity contribution in [2.24, 2.45) is 0 Å². The van der Waals surface area contributed by atoms with Gasteiger partial charge in [-0.2, -0.15) is 15.6 Å². The van der Waals surface area contributed by atoms with E-state index in [1.807, 2.05) is 6.07 Å². The summed E-state index contributed by atoms with van der Waals surface area (Å²) in [7, 11) is 0. The second-order valence-corrected chi connectivity index (χ2v) is 4.79. The summed E-state index contributed by atoms with van der Waals surface area (Å²) in [5.74, 6) is -0.301. The minimum absolute atomic E-state index is 0.140. The number of nitriles is 1. The van der Waals surface area contributed by atoms with Crippen LogP contribution in [0.15, 0.2) is 48.5 Å². The molecule has 0 spiro atoms. The normalized spacial score (nSPS) is 11.1. The number of benzene rings is 2.